The molecule has 1 saturated heterocycles. The predicted molar refractivity (Wildman–Crippen MR) is 61.9 cm³/mol. The number of rotatable bonds is 2. The van der Waals surface area contributed by atoms with Crippen LogP contribution in [0.25, 0.3) is 0 Å². The maximum atomic E-state index is 5.83. The molecule has 5 heteroatoms. The fraction of sp³-hybridized carbons (Fsp3) is 0.400. The van der Waals surface area contributed by atoms with Crippen LogP contribution in [0.4, 0.5) is 11.4 Å². The van der Waals surface area contributed by atoms with Gasteiger partial charge in [0, 0.05) is 18.1 Å². The SMILES string of the molecule is Nc1cc(Cl)ccc1NN1CCOCC1. The van der Waals surface area contributed by atoms with E-state index in [9.17, 15) is 0 Å². The normalized spacial score (nSPS) is 17.7. The van der Waals surface area contributed by atoms with Crippen molar-refractivity contribution in [2.45, 2.75) is 0 Å². The summed E-state index contributed by atoms with van der Waals surface area (Å²) in [6.45, 7) is 3.23. The van der Waals surface area contributed by atoms with Gasteiger partial charge in [-0.3, -0.25) is 0 Å². The molecule has 0 radical (unpaired) electrons. The van der Waals surface area contributed by atoms with Gasteiger partial charge in [-0.05, 0) is 18.2 Å². The fourth-order valence-electron chi connectivity index (χ4n) is 1.48. The van der Waals surface area contributed by atoms with E-state index in [0.717, 1.165) is 32.0 Å². The lowest BCUT2D eigenvalue weighted by atomic mass is 10.3. The van der Waals surface area contributed by atoms with Crippen LogP contribution < -0.4 is 11.2 Å². The van der Waals surface area contributed by atoms with Gasteiger partial charge < -0.3 is 15.9 Å². The molecule has 4 nitrogen and oxygen atoms in total. The van der Waals surface area contributed by atoms with Crippen LogP contribution in [0, 0.1) is 0 Å². The van der Waals surface area contributed by atoms with Crippen molar-refractivity contribution < 1.29 is 4.74 Å². The molecule has 1 aromatic carbocycles. The molecule has 1 fully saturated rings. The Balaban J connectivity index is 2.03. The first kappa shape index (κ1) is 10.5. The van der Waals surface area contributed by atoms with E-state index in [2.05, 4.69) is 10.4 Å². The van der Waals surface area contributed by atoms with Gasteiger partial charge in [0.1, 0.15) is 0 Å². The molecule has 0 unspecified atom stereocenters. The number of morpholine rings is 1. The fourth-order valence-corrected chi connectivity index (χ4v) is 1.66. The molecule has 1 aliphatic rings. The van der Waals surface area contributed by atoms with Gasteiger partial charge >= 0.3 is 0 Å². The van der Waals surface area contributed by atoms with E-state index in [1.54, 1.807) is 6.07 Å². The van der Waals surface area contributed by atoms with Crippen molar-refractivity contribution in [3.63, 3.8) is 0 Å². The third-order valence-electron chi connectivity index (χ3n) is 2.30. The first-order valence-electron chi connectivity index (χ1n) is 4.90. The smallest absolute Gasteiger partial charge is 0.0721 e. The Morgan fingerprint density at radius 1 is 1.33 bits per heavy atom. The average molecular weight is 228 g/mol. The Morgan fingerprint density at radius 3 is 2.73 bits per heavy atom. The number of nitrogens with zero attached hydrogens (tertiary/aromatic N) is 1. The minimum atomic E-state index is 0.653. The molecule has 2 rings (SSSR count). The van der Waals surface area contributed by atoms with E-state index in [-0.39, 0.29) is 0 Å². The van der Waals surface area contributed by atoms with Gasteiger partial charge in [0.2, 0.25) is 0 Å². The topological polar surface area (TPSA) is 50.5 Å². The molecule has 0 amide bonds. The number of benzene rings is 1. The third-order valence-corrected chi connectivity index (χ3v) is 2.54. The number of nitrogens with two attached hydrogens (primary N) is 1. The Bertz CT molecular complexity index is 339. The van der Waals surface area contributed by atoms with Crippen LogP contribution in [0.5, 0.6) is 0 Å². The van der Waals surface area contributed by atoms with Crippen molar-refractivity contribution in [1.82, 2.24) is 5.01 Å². The lowest BCUT2D eigenvalue weighted by Crippen LogP contribution is -2.40. The van der Waals surface area contributed by atoms with Crippen LogP contribution in [-0.4, -0.2) is 31.3 Å². The number of anilines is 2. The summed E-state index contributed by atoms with van der Waals surface area (Å²) in [5.74, 6) is 0. The molecule has 0 bridgehead atoms. The molecular formula is C10H14ClN3O. The number of nitrogen functional groups attached to an aromatic ring is 1. The number of nitrogens with one attached hydrogen (secondary N) is 1. The standard InChI is InChI=1S/C10H14ClN3O/c11-8-1-2-10(9(12)7-8)13-14-3-5-15-6-4-14/h1-2,7,13H,3-6,12H2. The summed E-state index contributed by atoms with van der Waals surface area (Å²) in [6, 6.07) is 5.44. The molecule has 82 valence electrons. The van der Waals surface area contributed by atoms with E-state index >= 15 is 0 Å². The highest BCUT2D eigenvalue weighted by Crippen LogP contribution is 2.23. The summed E-state index contributed by atoms with van der Waals surface area (Å²) in [5.41, 5.74) is 10.6. The van der Waals surface area contributed by atoms with Crippen molar-refractivity contribution in [3.05, 3.63) is 23.2 Å². The summed E-state index contributed by atoms with van der Waals surface area (Å²) < 4.78 is 5.25. The summed E-state index contributed by atoms with van der Waals surface area (Å²) >= 11 is 5.82. The Morgan fingerprint density at radius 2 is 2.07 bits per heavy atom. The Labute approximate surface area is 93.9 Å². The number of hydrazine groups is 1. The maximum absolute atomic E-state index is 5.83. The second kappa shape index (κ2) is 4.70. The minimum Gasteiger partial charge on any atom is -0.397 e. The molecule has 0 atom stereocenters. The molecule has 3 N–H and O–H groups in total. The van der Waals surface area contributed by atoms with Crippen molar-refractivity contribution in [3.8, 4) is 0 Å². The third kappa shape index (κ3) is 2.75. The van der Waals surface area contributed by atoms with E-state index in [1.165, 1.54) is 0 Å². The summed E-state index contributed by atoms with van der Waals surface area (Å²) in [6.07, 6.45) is 0. The van der Waals surface area contributed by atoms with Crippen molar-refractivity contribution >= 4 is 23.0 Å². The number of halogens is 1. The molecule has 0 saturated carbocycles. The molecule has 15 heavy (non-hydrogen) atoms. The molecule has 0 aromatic heterocycles. The van der Waals surface area contributed by atoms with Crippen LogP contribution in [0.1, 0.15) is 0 Å². The van der Waals surface area contributed by atoms with Gasteiger partial charge in [-0.1, -0.05) is 11.6 Å². The number of ether oxygens (including phenoxy) is 1. The van der Waals surface area contributed by atoms with Crippen LogP contribution in [0.3, 0.4) is 0 Å². The van der Waals surface area contributed by atoms with Crippen LogP contribution in [-0.2, 0) is 4.74 Å². The molecule has 1 heterocycles. The summed E-state index contributed by atoms with van der Waals surface area (Å²) in [5, 5.41) is 2.74. The maximum Gasteiger partial charge on any atom is 0.0721 e. The number of hydrogen-bond acceptors (Lipinski definition) is 4. The highest BCUT2D eigenvalue weighted by Gasteiger charge is 2.10. The zero-order valence-corrected chi connectivity index (χ0v) is 9.13. The first-order chi connectivity index (χ1) is 7.25. The van der Waals surface area contributed by atoms with Crippen molar-refractivity contribution in [1.29, 1.82) is 0 Å². The van der Waals surface area contributed by atoms with E-state index < -0.39 is 0 Å². The molecule has 1 aromatic rings. The zero-order valence-electron chi connectivity index (χ0n) is 8.37. The minimum absolute atomic E-state index is 0.653. The quantitative estimate of drug-likeness (QED) is 0.754. The summed E-state index contributed by atoms with van der Waals surface area (Å²) in [4.78, 5) is 0. The highest BCUT2D eigenvalue weighted by molar-refractivity contribution is 6.31. The van der Waals surface area contributed by atoms with Gasteiger partial charge in [0.15, 0.2) is 0 Å². The lowest BCUT2D eigenvalue weighted by molar-refractivity contribution is 0.0497. The van der Waals surface area contributed by atoms with Crippen LogP contribution in [0.2, 0.25) is 5.02 Å². The van der Waals surface area contributed by atoms with Crippen molar-refractivity contribution in [2.24, 2.45) is 0 Å². The van der Waals surface area contributed by atoms with Crippen LogP contribution in [0.15, 0.2) is 18.2 Å². The monoisotopic (exact) mass is 227 g/mol. The summed E-state index contributed by atoms with van der Waals surface area (Å²) in [7, 11) is 0. The first-order valence-corrected chi connectivity index (χ1v) is 5.28. The largest absolute Gasteiger partial charge is 0.397 e. The lowest BCUT2D eigenvalue weighted by Gasteiger charge is -2.28. The van der Waals surface area contributed by atoms with Gasteiger partial charge in [0.05, 0.1) is 24.6 Å². The average Bonchev–Trinajstić information content (AvgIpc) is 2.24. The van der Waals surface area contributed by atoms with E-state index in [0.29, 0.717) is 10.7 Å². The second-order valence-corrected chi connectivity index (χ2v) is 3.88. The second-order valence-electron chi connectivity index (χ2n) is 3.44. The number of hydrogen-bond donors (Lipinski definition) is 2. The van der Waals surface area contributed by atoms with Crippen molar-refractivity contribution in [2.75, 3.05) is 37.5 Å². The zero-order chi connectivity index (χ0) is 10.7. The molecular weight excluding hydrogens is 214 g/mol. The molecule has 0 aliphatic carbocycles. The van der Waals surface area contributed by atoms with Gasteiger partial charge in [-0.2, -0.15) is 0 Å². The van der Waals surface area contributed by atoms with Crippen LogP contribution >= 0.6 is 11.6 Å². The highest BCUT2D eigenvalue weighted by atomic mass is 35.5. The Hall–Kier alpha value is -0.970. The van der Waals surface area contributed by atoms with Gasteiger partial charge in [0.25, 0.3) is 0 Å². The van der Waals surface area contributed by atoms with E-state index in [1.807, 2.05) is 12.1 Å². The molecule has 0 spiro atoms. The molecule has 1 aliphatic heterocycles. The van der Waals surface area contributed by atoms with E-state index in [4.69, 9.17) is 22.1 Å². The van der Waals surface area contributed by atoms with Gasteiger partial charge in [-0.15, -0.1) is 0 Å². The van der Waals surface area contributed by atoms with Gasteiger partial charge in [-0.25, -0.2) is 5.01 Å². The predicted octanol–water partition coefficient (Wildman–Crippen LogP) is 1.58. The Kier molecular flexibility index (Phi) is 3.30.